The van der Waals surface area contributed by atoms with Gasteiger partial charge in [0.1, 0.15) is 5.75 Å². The van der Waals surface area contributed by atoms with Crippen molar-refractivity contribution in [3.05, 3.63) is 29.8 Å². The maximum Gasteiger partial charge on any atom is 0.425 e. The molecule has 0 unspecified atom stereocenters. The van der Waals surface area contributed by atoms with Crippen LogP contribution in [0.15, 0.2) is 24.3 Å². The van der Waals surface area contributed by atoms with E-state index in [1.165, 1.54) is 12.7 Å². The summed E-state index contributed by atoms with van der Waals surface area (Å²) in [4.78, 5) is 22.5. The van der Waals surface area contributed by atoms with E-state index in [2.05, 4.69) is 41.7 Å². The summed E-state index contributed by atoms with van der Waals surface area (Å²) in [5, 5.41) is 2.29. The van der Waals surface area contributed by atoms with E-state index < -0.39 is 12.0 Å². The van der Waals surface area contributed by atoms with E-state index in [0.29, 0.717) is 5.75 Å². The third-order valence-electron chi connectivity index (χ3n) is 2.81. The highest BCUT2D eigenvalue weighted by Gasteiger charge is 2.13. The number of ether oxygens (including phenoxy) is 2. The summed E-state index contributed by atoms with van der Waals surface area (Å²) >= 11 is 4.82. The van der Waals surface area contributed by atoms with Crippen molar-refractivity contribution in [1.82, 2.24) is 16.2 Å². The highest BCUT2D eigenvalue weighted by molar-refractivity contribution is 7.80. The topological polar surface area (TPSA) is 88.7 Å². The van der Waals surface area contributed by atoms with Crippen molar-refractivity contribution in [2.45, 2.75) is 26.2 Å². The van der Waals surface area contributed by atoms with Crippen LogP contribution >= 0.6 is 12.2 Å². The van der Waals surface area contributed by atoms with Gasteiger partial charge in [-0.2, -0.15) is 0 Å². The molecule has 1 aromatic carbocycles. The van der Waals surface area contributed by atoms with Gasteiger partial charge in [-0.1, -0.05) is 32.9 Å². The Hall–Kier alpha value is -2.35. The van der Waals surface area contributed by atoms with Crippen molar-refractivity contribution in [1.29, 1.82) is 0 Å². The average molecular weight is 339 g/mol. The Morgan fingerprint density at radius 3 is 2.26 bits per heavy atom. The molecule has 126 valence electrons. The first-order valence-corrected chi connectivity index (χ1v) is 7.30. The Morgan fingerprint density at radius 2 is 1.74 bits per heavy atom. The fraction of sp³-hybridized carbons (Fsp3) is 0.400. The molecule has 8 heteroatoms. The molecule has 0 fully saturated rings. The minimum atomic E-state index is -0.725. The third kappa shape index (κ3) is 6.96. The Bertz CT molecular complexity index is 567. The van der Waals surface area contributed by atoms with Crippen LogP contribution in [0.4, 0.5) is 4.79 Å². The van der Waals surface area contributed by atoms with Crippen LogP contribution in [0.25, 0.3) is 0 Å². The zero-order chi connectivity index (χ0) is 17.5. The summed E-state index contributed by atoms with van der Waals surface area (Å²) < 4.78 is 9.71. The van der Waals surface area contributed by atoms with E-state index >= 15 is 0 Å². The van der Waals surface area contributed by atoms with Crippen LogP contribution in [0.1, 0.15) is 26.3 Å². The maximum atomic E-state index is 11.7. The lowest BCUT2D eigenvalue weighted by Crippen LogP contribution is -2.49. The predicted octanol–water partition coefficient (Wildman–Crippen LogP) is 1.62. The van der Waals surface area contributed by atoms with Crippen molar-refractivity contribution in [3.63, 3.8) is 0 Å². The summed E-state index contributed by atoms with van der Waals surface area (Å²) in [6, 6.07) is 7.53. The Kier molecular flexibility index (Phi) is 6.77. The van der Waals surface area contributed by atoms with Gasteiger partial charge < -0.3 is 9.47 Å². The van der Waals surface area contributed by atoms with Crippen LogP contribution in [0.3, 0.4) is 0 Å². The molecule has 0 aliphatic rings. The minimum Gasteiger partial charge on any atom is -0.484 e. The lowest BCUT2D eigenvalue weighted by molar-refractivity contribution is -0.121. The summed E-state index contributed by atoms with van der Waals surface area (Å²) in [6.07, 6.45) is -0.725. The van der Waals surface area contributed by atoms with Crippen LogP contribution in [-0.2, 0) is 14.9 Å². The zero-order valence-corrected chi connectivity index (χ0v) is 14.4. The monoisotopic (exact) mass is 339 g/mol. The van der Waals surface area contributed by atoms with Gasteiger partial charge in [0.15, 0.2) is 11.7 Å². The molecule has 0 bridgehead atoms. The number of rotatable bonds is 3. The van der Waals surface area contributed by atoms with E-state index in [9.17, 15) is 9.59 Å². The van der Waals surface area contributed by atoms with Gasteiger partial charge in [0.25, 0.3) is 5.91 Å². The molecule has 3 N–H and O–H groups in total. The third-order valence-corrected chi connectivity index (χ3v) is 3.01. The number of thiocarbonyl (C=S) groups is 1. The molecular weight excluding hydrogens is 318 g/mol. The number of hydrogen-bond donors (Lipinski definition) is 3. The molecule has 0 heterocycles. The molecule has 0 saturated carbocycles. The summed E-state index contributed by atoms with van der Waals surface area (Å²) in [5.74, 6) is 0.133. The van der Waals surface area contributed by atoms with Gasteiger partial charge in [-0.05, 0) is 35.3 Å². The van der Waals surface area contributed by atoms with Crippen LogP contribution in [0.2, 0.25) is 0 Å². The number of carbonyl (C=O) groups excluding carboxylic acids is 2. The van der Waals surface area contributed by atoms with Crippen LogP contribution in [-0.4, -0.2) is 30.8 Å². The van der Waals surface area contributed by atoms with Crippen molar-refractivity contribution >= 4 is 29.3 Å². The number of hydrogen-bond acceptors (Lipinski definition) is 5. The maximum absolute atomic E-state index is 11.7. The standard InChI is InChI=1S/C15H21N3O4S/c1-15(2,3)10-5-7-11(8-6-10)22-9-12(19)16-13(23)17-18-14(20)21-4/h5-8H,9H2,1-4H3,(H,18,20)(H2,16,17,19,23). The van der Waals surface area contributed by atoms with Crippen LogP contribution in [0, 0.1) is 0 Å². The first-order valence-electron chi connectivity index (χ1n) is 6.89. The van der Waals surface area contributed by atoms with E-state index in [1.807, 2.05) is 24.3 Å². The van der Waals surface area contributed by atoms with Gasteiger partial charge in [-0.15, -0.1) is 0 Å². The number of carbonyl (C=O) groups is 2. The first kappa shape index (κ1) is 18.7. The molecule has 23 heavy (non-hydrogen) atoms. The molecule has 0 radical (unpaired) electrons. The second kappa shape index (κ2) is 8.33. The fourth-order valence-corrected chi connectivity index (χ4v) is 1.72. The van der Waals surface area contributed by atoms with Crippen molar-refractivity contribution in [2.24, 2.45) is 0 Å². The molecule has 0 spiro atoms. The molecule has 0 atom stereocenters. The lowest BCUT2D eigenvalue weighted by Gasteiger charge is -2.19. The first-order chi connectivity index (χ1) is 10.7. The highest BCUT2D eigenvalue weighted by atomic mass is 32.1. The largest absolute Gasteiger partial charge is 0.484 e. The molecule has 1 rings (SSSR count). The molecule has 1 aromatic rings. The SMILES string of the molecule is COC(=O)NNC(=S)NC(=O)COc1ccc(C(C)(C)C)cc1. The highest BCUT2D eigenvalue weighted by Crippen LogP contribution is 2.24. The normalized spacial score (nSPS) is 10.4. The van der Waals surface area contributed by atoms with Crippen molar-refractivity contribution < 1.29 is 19.1 Å². The number of nitrogens with one attached hydrogen (secondary N) is 3. The Labute approximate surface area is 140 Å². The Balaban J connectivity index is 2.38. The summed E-state index contributed by atoms with van der Waals surface area (Å²) in [7, 11) is 1.21. The van der Waals surface area contributed by atoms with Crippen LogP contribution < -0.4 is 20.9 Å². The fourth-order valence-electron chi connectivity index (χ4n) is 1.55. The van der Waals surface area contributed by atoms with Crippen molar-refractivity contribution in [2.75, 3.05) is 13.7 Å². The average Bonchev–Trinajstić information content (AvgIpc) is 2.50. The van der Waals surface area contributed by atoms with Crippen LogP contribution in [0.5, 0.6) is 5.75 Å². The zero-order valence-electron chi connectivity index (χ0n) is 13.6. The van der Waals surface area contributed by atoms with Gasteiger partial charge in [0.05, 0.1) is 7.11 Å². The van der Waals surface area contributed by atoms with Gasteiger partial charge in [-0.3, -0.25) is 15.5 Å². The number of amides is 2. The van der Waals surface area contributed by atoms with Gasteiger partial charge in [0, 0.05) is 0 Å². The quantitative estimate of drug-likeness (QED) is 0.573. The summed E-state index contributed by atoms with van der Waals surface area (Å²) in [6.45, 7) is 6.15. The predicted molar refractivity (Wildman–Crippen MR) is 90.1 cm³/mol. The molecule has 2 amide bonds. The molecule has 0 saturated heterocycles. The van der Waals surface area contributed by atoms with Gasteiger partial charge >= 0.3 is 6.09 Å². The molecule has 0 aliphatic heterocycles. The number of benzene rings is 1. The molecule has 0 aromatic heterocycles. The van der Waals surface area contributed by atoms with Gasteiger partial charge in [0.2, 0.25) is 0 Å². The smallest absolute Gasteiger partial charge is 0.425 e. The van der Waals surface area contributed by atoms with Gasteiger partial charge in [-0.25, -0.2) is 10.2 Å². The minimum absolute atomic E-state index is 0.0560. The number of hydrazine groups is 1. The van der Waals surface area contributed by atoms with Crippen molar-refractivity contribution in [3.8, 4) is 5.75 Å². The molecule has 7 nitrogen and oxygen atoms in total. The van der Waals surface area contributed by atoms with E-state index in [4.69, 9.17) is 17.0 Å². The Morgan fingerprint density at radius 1 is 1.13 bits per heavy atom. The lowest BCUT2D eigenvalue weighted by atomic mass is 9.87. The second-order valence-corrected chi connectivity index (χ2v) is 6.09. The number of methoxy groups -OCH3 is 1. The molecular formula is C15H21N3O4S. The second-order valence-electron chi connectivity index (χ2n) is 5.68. The van der Waals surface area contributed by atoms with E-state index in [-0.39, 0.29) is 17.1 Å². The molecule has 0 aliphatic carbocycles. The summed E-state index contributed by atoms with van der Waals surface area (Å²) in [5.41, 5.74) is 5.66. The van der Waals surface area contributed by atoms with E-state index in [1.54, 1.807) is 0 Å². The van der Waals surface area contributed by atoms with E-state index in [0.717, 1.165) is 0 Å².